The van der Waals surface area contributed by atoms with E-state index in [1.807, 2.05) is 0 Å². The van der Waals surface area contributed by atoms with Gasteiger partial charge < -0.3 is 4.74 Å². The first kappa shape index (κ1) is 18.6. The molecule has 0 atom stereocenters. The van der Waals surface area contributed by atoms with Crippen LogP contribution in [0, 0.1) is 5.41 Å². The highest BCUT2D eigenvalue weighted by Crippen LogP contribution is 2.39. The van der Waals surface area contributed by atoms with Crippen molar-refractivity contribution >= 4 is 27.0 Å². The predicted octanol–water partition coefficient (Wildman–Crippen LogP) is 5.45. The summed E-state index contributed by atoms with van der Waals surface area (Å²) < 4.78 is 46.9. The molecule has 0 spiro atoms. The molecule has 0 aliphatic carbocycles. The summed E-state index contributed by atoms with van der Waals surface area (Å²) in [4.78, 5) is 3.71. The van der Waals surface area contributed by atoms with Gasteiger partial charge in [-0.25, -0.2) is 9.67 Å². The molecular weight excluding hydrogens is 413 g/mol. The summed E-state index contributed by atoms with van der Waals surface area (Å²) in [6, 6.07) is 5.43. The average molecular weight is 429 g/mol. The first-order chi connectivity index (χ1) is 12.1. The maximum Gasteiger partial charge on any atom is 0.421 e. The monoisotopic (exact) mass is 428 g/mol. The van der Waals surface area contributed by atoms with E-state index < -0.39 is 17.6 Å². The van der Waals surface area contributed by atoms with Crippen LogP contribution in [0.1, 0.15) is 26.3 Å². The van der Waals surface area contributed by atoms with Crippen molar-refractivity contribution in [3.8, 4) is 11.6 Å². The van der Waals surface area contributed by atoms with Crippen molar-refractivity contribution in [1.29, 1.82) is 0 Å². The lowest BCUT2D eigenvalue weighted by Crippen LogP contribution is -2.16. The van der Waals surface area contributed by atoms with Crippen molar-refractivity contribution in [2.75, 3.05) is 0 Å². The zero-order chi connectivity index (χ0) is 19.1. The fourth-order valence-electron chi connectivity index (χ4n) is 2.42. The van der Waals surface area contributed by atoms with Crippen molar-refractivity contribution in [1.82, 2.24) is 20.0 Å². The maximum absolute atomic E-state index is 13.1. The standard InChI is InChI=1S/C17H16BrF3N4O/c1-16(2,3)9-25-11-6-7-12(13(18)14(11)23-24-25)26-15-10(17(19,20)21)5-4-8-22-15/h4-8H,9H2,1-3H3. The molecule has 0 amide bonds. The van der Waals surface area contributed by atoms with Crippen molar-refractivity contribution in [2.45, 2.75) is 33.5 Å². The number of benzene rings is 1. The Hall–Kier alpha value is -2.16. The molecule has 0 saturated carbocycles. The average Bonchev–Trinajstić information content (AvgIpc) is 2.91. The third kappa shape index (κ3) is 3.82. The van der Waals surface area contributed by atoms with Crippen LogP contribution in [0.25, 0.3) is 11.0 Å². The summed E-state index contributed by atoms with van der Waals surface area (Å²) in [5, 5.41) is 8.25. The van der Waals surface area contributed by atoms with Gasteiger partial charge in [-0.2, -0.15) is 13.2 Å². The lowest BCUT2D eigenvalue weighted by atomic mass is 9.97. The quantitative estimate of drug-likeness (QED) is 0.556. The maximum atomic E-state index is 13.1. The number of rotatable bonds is 3. The van der Waals surface area contributed by atoms with Crippen molar-refractivity contribution in [3.05, 3.63) is 40.5 Å². The topological polar surface area (TPSA) is 52.8 Å². The van der Waals surface area contributed by atoms with Gasteiger partial charge in [0.25, 0.3) is 0 Å². The fraction of sp³-hybridized carbons (Fsp3) is 0.353. The zero-order valence-corrected chi connectivity index (χ0v) is 15.9. The van der Waals surface area contributed by atoms with Crippen LogP contribution in [0.3, 0.4) is 0 Å². The van der Waals surface area contributed by atoms with Crippen LogP contribution in [-0.4, -0.2) is 20.0 Å². The molecule has 0 radical (unpaired) electrons. The molecule has 0 unspecified atom stereocenters. The Morgan fingerprint density at radius 2 is 1.88 bits per heavy atom. The smallest absolute Gasteiger partial charge is 0.421 e. The van der Waals surface area contributed by atoms with E-state index in [1.54, 1.807) is 16.8 Å². The van der Waals surface area contributed by atoms with Crippen LogP contribution in [0.15, 0.2) is 34.9 Å². The molecule has 3 aromatic rings. The van der Waals surface area contributed by atoms with Gasteiger partial charge in [0, 0.05) is 12.7 Å². The summed E-state index contributed by atoms with van der Waals surface area (Å²) in [6.45, 7) is 6.88. The Bertz CT molecular complexity index is 947. The van der Waals surface area contributed by atoms with Gasteiger partial charge in [0.1, 0.15) is 16.8 Å². The third-order valence-corrected chi connectivity index (χ3v) is 4.26. The first-order valence-electron chi connectivity index (χ1n) is 7.78. The summed E-state index contributed by atoms with van der Waals surface area (Å²) in [5.41, 5.74) is 0.327. The molecule has 3 rings (SSSR count). The number of aromatic nitrogens is 4. The summed E-state index contributed by atoms with van der Waals surface area (Å²) in [5.74, 6) is -0.327. The molecule has 2 aromatic heterocycles. The number of hydrogen-bond donors (Lipinski definition) is 0. The van der Waals surface area contributed by atoms with Crippen LogP contribution in [-0.2, 0) is 12.7 Å². The molecule has 5 nitrogen and oxygen atoms in total. The van der Waals surface area contributed by atoms with Gasteiger partial charge in [-0.3, -0.25) is 0 Å². The van der Waals surface area contributed by atoms with Crippen molar-refractivity contribution in [2.24, 2.45) is 5.41 Å². The third-order valence-electron chi connectivity index (χ3n) is 3.50. The fourth-order valence-corrected chi connectivity index (χ4v) is 2.92. The van der Waals surface area contributed by atoms with Gasteiger partial charge >= 0.3 is 6.18 Å². The van der Waals surface area contributed by atoms with Crippen LogP contribution < -0.4 is 4.74 Å². The van der Waals surface area contributed by atoms with Gasteiger partial charge in [-0.1, -0.05) is 26.0 Å². The van der Waals surface area contributed by atoms with Crippen molar-refractivity contribution < 1.29 is 17.9 Å². The molecule has 26 heavy (non-hydrogen) atoms. The lowest BCUT2D eigenvalue weighted by Gasteiger charge is -2.18. The highest BCUT2D eigenvalue weighted by molar-refractivity contribution is 9.10. The molecule has 2 heterocycles. The van der Waals surface area contributed by atoms with Gasteiger partial charge in [-0.15, -0.1) is 5.10 Å². The summed E-state index contributed by atoms with van der Waals surface area (Å²) >= 11 is 3.36. The van der Waals surface area contributed by atoms with Gasteiger partial charge in [-0.05, 0) is 45.6 Å². The molecule has 0 saturated heterocycles. The SMILES string of the molecule is CC(C)(C)Cn1nnc2c(Br)c(Oc3ncccc3C(F)(F)F)ccc21. The number of ether oxygens (including phenoxy) is 1. The second-order valence-electron chi connectivity index (χ2n) is 7.01. The van der Waals surface area contributed by atoms with Crippen molar-refractivity contribution in [3.63, 3.8) is 0 Å². The van der Waals surface area contributed by atoms with Gasteiger partial charge in [0.15, 0.2) is 0 Å². The minimum Gasteiger partial charge on any atom is -0.437 e. The van der Waals surface area contributed by atoms with E-state index in [1.165, 1.54) is 12.3 Å². The molecule has 138 valence electrons. The zero-order valence-electron chi connectivity index (χ0n) is 14.3. The molecule has 0 N–H and O–H groups in total. The number of pyridine rings is 1. The molecule has 0 aliphatic rings. The Morgan fingerprint density at radius 1 is 1.15 bits per heavy atom. The second kappa shape index (κ2) is 6.53. The molecule has 0 aliphatic heterocycles. The minimum absolute atomic E-state index is 0.00214. The first-order valence-corrected chi connectivity index (χ1v) is 8.57. The van der Waals surface area contributed by atoms with Crippen LogP contribution in [0.5, 0.6) is 11.6 Å². The summed E-state index contributed by atoms with van der Waals surface area (Å²) in [7, 11) is 0. The Labute approximate surface area is 156 Å². The number of fused-ring (bicyclic) bond motifs is 1. The molecule has 0 bridgehead atoms. The van der Waals surface area contributed by atoms with E-state index in [-0.39, 0.29) is 11.2 Å². The Balaban J connectivity index is 2.00. The highest BCUT2D eigenvalue weighted by atomic mass is 79.9. The number of hydrogen-bond acceptors (Lipinski definition) is 4. The number of nitrogens with zero attached hydrogens (tertiary/aromatic N) is 4. The second-order valence-corrected chi connectivity index (χ2v) is 7.80. The van der Waals surface area contributed by atoms with E-state index in [9.17, 15) is 13.2 Å². The Morgan fingerprint density at radius 3 is 2.54 bits per heavy atom. The van der Waals surface area contributed by atoms with Crippen LogP contribution in [0.2, 0.25) is 0 Å². The van der Waals surface area contributed by atoms with Crippen LogP contribution in [0.4, 0.5) is 13.2 Å². The van der Waals surface area contributed by atoms with E-state index in [2.05, 4.69) is 52.0 Å². The van der Waals surface area contributed by atoms with Crippen LogP contribution >= 0.6 is 15.9 Å². The number of halogens is 4. The van der Waals surface area contributed by atoms with Gasteiger partial charge in [0.2, 0.25) is 5.88 Å². The molecular formula is C17H16BrF3N4O. The molecule has 9 heteroatoms. The Kier molecular flexibility index (Phi) is 4.68. The molecule has 1 aromatic carbocycles. The lowest BCUT2D eigenvalue weighted by molar-refractivity contribution is -0.138. The normalized spacial score (nSPS) is 12.6. The summed E-state index contributed by atoms with van der Waals surface area (Å²) in [6.07, 6.45) is -3.31. The van der Waals surface area contributed by atoms with E-state index >= 15 is 0 Å². The van der Waals surface area contributed by atoms with Gasteiger partial charge in [0.05, 0.1) is 9.99 Å². The largest absolute Gasteiger partial charge is 0.437 e. The van der Waals surface area contributed by atoms with E-state index in [0.29, 0.717) is 16.5 Å². The van der Waals surface area contributed by atoms with E-state index in [4.69, 9.17) is 4.74 Å². The molecule has 0 fully saturated rings. The highest BCUT2D eigenvalue weighted by Gasteiger charge is 2.35. The van der Waals surface area contributed by atoms with E-state index in [0.717, 1.165) is 11.6 Å². The minimum atomic E-state index is -4.56. The predicted molar refractivity (Wildman–Crippen MR) is 94.0 cm³/mol. The number of alkyl halides is 3.